The Balaban J connectivity index is 1.37. The number of carbonyl (C=O) groups excluding carboxylic acids is 1. The van der Waals surface area contributed by atoms with Crippen molar-refractivity contribution in [1.82, 2.24) is 9.80 Å². The van der Waals surface area contributed by atoms with E-state index in [1.807, 2.05) is 29.2 Å². The first-order valence-electron chi connectivity index (χ1n) is 9.48. The van der Waals surface area contributed by atoms with Gasteiger partial charge in [0, 0.05) is 42.9 Å². The standard InChI is InChI=1S/C20H24N2O3S3/c23-20(18-3-1-2-4-19(18)27-14-16-5-11-26-13-16)22-9-7-21(8-10-22)17-6-12-28(24,25)15-17/h1-5,11,13,17H,6-10,12,14-15H2/t17-/m0/s1. The summed E-state index contributed by atoms with van der Waals surface area (Å²) < 4.78 is 23.5. The van der Waals surface area contributed by atoms with E-state index in [-0.39, 0.29) is 17.7 Å². The SMILES string of the molecule is O=C(c1ccccc1SCc1ccsc1)N1CCN([C@H]2CCS(=O)(=O)C2)CC1. The molecule has 0 radical (unpaired) electrons. The summed E-state index contributed by atoms with van der Waals surface area (Å²) in [6.45, 7) is 2.80. The van der Waals surface area contributed by atoms with E-state index in [4.69, 9.17) is 0 Å². The Morgan fingerprint density at radius 1 is 1.14 bits per heavy atom. The molecule has 8 heteroatoms. The first kappa shape index (κ1) is 19.9. The second-order valence-corrected chi connectivity index (χ2v) is 11.3. The Morgan fingerprint density at radius 3 is 2.61 bits per heavy atom. The van der Waals surface area contributed by atoms with E-state index in [1.54, 1.807) is 23.1 Å². The summed E-state index contributed by atoms with van der Waals surface area (Å²) in [6.07, 6.45) is 0.721. The third kappa shape index (κ3) is 4.62. The molecule has 0 bridgehead atoms. The topological polar surface area (TPSA) is 57.7 Å². The van der Waals surface area contributed by atoms with Crippen molar-refractivity contribution in [2.24, 2.45) is 0 Å². The number of amides is 1. The van der Waals surface area contributed by atoms with Crippen molar-refractivity contribution in [3.05, 3.63) is 52.2 Å². The maximum Gasteiger partial charge on any atom is 0.255 e. The van der Waals surface area contributed by atoms with Crippen LogP contribution >= 0.6 is 23.1 Å². The van der Waals surface area contributed by atoms with Crippen LogP contribution in [0.15, 0.2) is 46.0 Å². The molecule has 2 aliphatic rings. The van der Waals surface area contributed by atoms with E-state index in [0.717, 1.165) is 35.7 Å². The summed E-state index contributed by atoms with van der Waals surface area (Å²) in [5.74, 6) is 1.50. The van der Waals surface area contributed by atoms with Crippen LogP contribution < -0.4 is 0 Å². The number of thiophene rings is 1. The predicted octanol–water partition coefficient (Wildman–Crippen LogP) is 2.99. The highest BCUT2D eigenvalue weighted by atomic mass is 32.2. The lowest BCUT2D eigenvalue weighted by atomic mass is 10.1. The van der Waals surface area contributed by atoms with E-state index >= 15 is 0 Å². The van der Waals surface area contributed by atoms with Gasteiger partial charge in [-0.1, -0.05) is 12.1 Å². The molecule has 5 nitrogen and oxygen atoms in total. The number of carbonyl (C=O) groups is 1. The molecule has 1 amide bonds. The van der Waals surface area contributed by atoms with Gasteiger partial charge in [-0.05, 0) is 40.9 Å². The highest BCUT2D eigenvalue weighted by Crippen LogP contribution is 2.28. The molecule has 1 aromatic heterocycles. The van der Waals surface area contributed by atoms with Crippen LogP contribution in [0.4, 0.5) is 0 Å². The summed E-state index contributed by atoms with van der Waals surface area (Å²) in [4.78, 5) is 18.3. The Kier molecular flexibility index (Phi) is 6.10. The normalized spacial score (nSPS) is 22.4. The zero-order valence-corrected chi connectivity index (χ0v) is 18.1. The number of hydrogen-bond donors (Lipinski definition) is 0. The summed E-state index contributed by atoms with van der Waals surface area (Å²) in [5.41, 5.74) is 2.04. The monoisotopic (exact) mass is 436 g/mol. The van der Waals surface area contributed by atoms with Gasteiger partial charge in [-0.3, -0.25) is 9.69 Å². The molecule has 4 rings (SSSR count). The van der Waals surface area contributed by atoms with Gasteiger partial charge < -0.3 is 4.90 Å². The minimum atomic E-state index is -2.87. The third-order valence-corrected chi connectivity index (χ3v) is 9.05. The second-order valence-electron chi connectivity index (χ2n) is 7.30. The van der Waals surface area contributed by atoms with Gasteiger partial charge in [0.1, 0.15) is 0 Å². The van der Waals surface area contributed by atoms with Crippen LogP contribution in [0.3, 0.4) is 0 Å². The molecule has 1 aromatic carbocycles. The molecule has 2 aromatic rings. The van der Waals surface area contributed by atoms with Crippen molar-refractivity contribution < 1.29 is 13.2 Å². The fraction of sp³-hybridized carbons (Fsp3) is 0.450. The Bertz CT molecular complexity index is 920. The molecule has 150 valence electrons. The molecule has 2 saturated heterocycles. The van der Waals surface area contributed by atoms with Crippen molar-refractivity contribution >= 4 is 38.8 Å². The zero-order chi connectivity index (χ0) is 19.6. The van der Waals surface area contributed by atoms with Crippen LogP contribution in [0.5, 0.6) is 0 Å². The highest BCUT2D eigenvalue weighted by molar-refractivity contribution is 7.98. The van der Waals surface area contributed by atoms with E-state index in [1.165, 1.54) is 5.56 Å². The zero-order valence-electron chi connectivity index (χ0n) is 15.6. The van der Waals surface area contributed by atoms with Gasteiger partial charge in [0.05, 0.1) is 17.1 Å². The fourth-order valence-electron chi connectivity index (χ4n) is 3.83. The van der Waals surface area contributed by atoms with E-state index in [0.29, 0.717) is 18.8 Å². The Hall–Kier alpha value is -1.35. The van der Waals surface area contributed by atoms with Gasteiger partial charge in [-0.15, -0.1) is 11.8 Å². The van der Waals surface area contributed by atoms with Crippen LogP contribution in [0.2, 0.25) is 0 Å². The summed E-state index contributed by atoms with van der Waals surface area (Å²) >= 11 is 3.39. The largest absolute Gasteiger partial charge is 0.336 e. The number of thioether (sulfide) groups is 1. The second kappa shape index (κ2) is 8.57. The third-order valence-electron chi connectivity index (χ3n) is 5.42. The summed E-state index contributed by atoms with van der Waals surface area (Å²) in [7, 11) is -2.87. The molecule has 1 atom stereocenters. The molecule has 0 saturated carbocycles. The van der Waals surface area contributed by atoms with Crippen molar-refractivity contribution in [3.63, 3.8) is 0 Å². The van der Waals surface area contributed by atoms with Crippen molar-refractivity contribution in [2.75, 3.05) is 37.7 Å². The number of sulfone groups is 1. The smallest absolute Gasteiger partial charge is 0.255 e. The molecule has 3 heterocycles. The van der Waals surface area contributed by atoms with Gasteiger partial charge in [-0.25, -0.2) is 8.42 Å². The van der Waals surface area contributed by atoms with Gasteiger partial charge in [0.15, 0.2) is 9.84 Å². The van der Waals surface area contributed by atoms with Crippen molar-refractivity contribution in [3.8, 4) is 0 Å². The lowest BCUT2D eigenvalue weighted by molar-refractivity contribution is 0.0584. The maximum absolute atomic E-state index is 13.1. The average molecular weight is 437 g/mol. The van der Waals surface area contributed by atoms with E-state index in [9.17, 15) is 13.2 Å². The molecular weight excluding hydrogens is 412 g/mol. The number of nitrogens with zero attached hydrogens (tertiary/aromatic N) is 2. The maximum atomic E-state index is 13.1. The van der Waals surface area contributed by atoms with Crippen LogP contribution in [0.1, 0.15) is 22.3 Å². The number of rotatable bonds is 5. The van der Waals surface area contributed by atoms with Crippen molar-refractivity contribution in [2.45, 2.75) is 23.1 Å². The average Bonchev–Trinajstić information content (AvgIpc) is 3.35. The molecule has 2 aliphatic heterocycles. The van der Waals surface area contributed by atoms with E-state index < -0.39 is 9.84 Å². The van der Waals surface area contributed by atoms with Gasteiger partial charge >= 0.3 is 0 Å². The minimum Gasteiger partial charge on any atom is -0.336 e. The van der Waals surface area contributed by atoms with Crippen LogP contribution in [-0.4, -0.2) is 67.9 Å². The highest BCUT2D eigenvalue weighted by Gasteiger charge is 2.34. The molecular formula is C20H24N2O3S3. The predicted molar refractivity (Wildman–Crippen MR) is 115 cm³/mol. The Morgan fingerprint density at radius 2 is 1.93 bits per heavy atom. The first-order chi connectivity index (χ1) is 13.5. The number of piperazine rings is 1. The lowest BCUT2D eigenvalue weighted by Gasteiger charge is -2.37. The molecule has 0 N–H and O–H groups in total. The van der Waals surface area contributed by atoms with Gasteiger partial charge in [-0.2, -0.15) is 11.3 Å². The number of benzene rings is 1. The molecule has 0 spiro atoms. The Labute approximate surface area is 174 Å². The number of hydrogen-bond acceptors (Lipinski definition) is 6. The van der Waals surface area contributed by atoms with Crippen LogP contribution in [0, 0.1) is 0 Å². The lowest BCUT2D eigenvalue weighted by Crippen LogP contribution is -2.52. The minimum absolute atomic E-state index is 0.0760. The van der Waals surface area contributed by atoms with Gasteiger partial charge in [0.2, 0.25) is 0 Å². The molecule has 0 aliphatic carbocycles. The fourth-order valence-corrected chi connectivity index (χ4v) is 7.35. The van der Waals surface area contributed by atoms with E-state index in [2.05, 4.69) is 21.7 Å². The molecule has 28 heavy (non-hydrogen) atoms. The summed E-state index contributed by atoms with van der Waals surface area (Å²) in [5, 5.41) is 4.21. The quantitative estimate of drug-likeness (QED) is 0.675. The molecule has 2 fully saturated rings. The van der Waals surface area contributed by atoms with Crippen molar-refractivity contribution in [1.29, 1.82) is 0 Å². The van der Waals surface area contributed by atoms with Gasteiger partial charge in [0.25, 0.3) is 5.91 Å². The molecule has 0 unspecified atom stereocenters. The van der Waals surface area contributed by atoms with Crippen LogP contribution in [-0.2, 0) is 15.6 Å². The first-order valence-corrected chi connectivity index (χ1v) is 13.2. The van der Waals surface area contributed by atoms with Crippen LogP contribution in [0.25, 0.3) is 0 Å². The summed E-state index contributed by atoms with van der Waals surface area (Å²) in [6, 6.07) is 10.1.